The van der Waals surface area contributed by atoms with Gasteiger partial charge in [0.05, 0.1) is 23.8 Å². The normalized spacial score (nSPS) is 17.4. The monoisotopic (exact) mass is 567 g/mol. The molecule has 10 heteroatoms. The van der Waals surface area contributed by atoms with Crippen LogP contribution in [0.3, 0.4) is 0 Å². The number of nitrogens with zero attached hydrogens (tertiary/aromatic N) is 2. The Morgan fingerprint density at radius 1 is 1.12 bits per heavy atom. The molecule has 5 rings (SSSR count). The number of aromatic nitrogens is 2. The summed E-state index contributed by atoms with van der Waals surface area (Å²) < 4.78 is 51.9. The number of alkyl halides is 3. The first-order valence-corrected chi connectivity index (χ1v) is 13.6. The maximum atomic E-state index is 13.1. The van der Waals surface area contributed by atoms with E-state index in [1.807, 2.05) is 25.1 Å². The molecule has 2 heterocycles. The molecule has 1 aliphatic heterocycles. The van der Waals surface area contributed by atoms with Crippen LogP contribution in [-0.4, -0.2) is 34.6 Å². The fourth-order valence-electron chi connectivity index (χ4n) is 5.24. The van der Waals surface area contributed by atoms with E-state index in [2.05, 4.69) is 5.32 Å². The lowest BCUT2D eigenvalue weighted by Crippen LogP contribution is -2.25. The van der Waals surface area contributed by atoms with E-state index in [9.17, 15) is 23.1 Å². The number of methoxy groups -OCH3 is 1. The third-order valence-electron chi connectivity index (χ3n) is 7.45. The number of halogens is 3. The fourth-order valence-corrected chi connectivity index (χ4v) is 5.24. The molecular weight excluding hydrogens is 535 g/mol. The minimum atomic E-state index is -4.40. The van der Waals surface area contributed by atoms with E-state index < -0.39 is 23.9 Å². The molecule has 216 valence electrons. The molecule has 0 saturated carbocycles. The van der Waals surface area contributed by atoms with Gasteiger partial charge in [-0.15, -0.1) is 0 Å². The van der Waals surface area contributed by atoms with Gasteiger partial charge in [-0.25, -0.2) is 9.48 Å². The van der Waals surface area contributed by atoms with E-state index in [0.29, 0.717) is 29.8 Å². The zero-order chi connectivity index (χ0) is 29.1. The SMILES string of the molecule is COC(=O)c1ccc([C@H](C)NC(O)c2nn(C3CCCCO3)c3cccc(Cc4ccc(C(F)(F)F)cc4)c23)cc1. The number of benzene rings is 3. The molecule has 1 aliphatic rings. The maximum absolute atomic E-state index is 13.1. The lowest BCUT2D eigenvalue weighted by molar-refractivity contribution is -0.137. The quantitative estimate of drug-likeness (QED) is 0.187. The summed E-state index contributed by atoms with van der Waals surface area (Å²) >= 11 is 0. The average Bonchev–Trinajstić information content (AvgIpc) is 3.38. The Hall–Kier alpha value is -3.73. The standard InChI is InChI=1S/C31H32F3N3O4/c1-19(21-11-13-22(14-12-21)30(39)40-2)35-29(38)28-27-23(18-20-9-15-24(16-10-20)31(32,33)34)6-5-7-25(27)37(36-28)26-8-3-4-17-41-26/h5-7,9-16,19,26,29,35,38H,3-4,8,17-18H2,1-2H3/t19-,26?,29?/m0/s1. The van der Waals surface area contributed by atoms with Crippen molar-refractivity contribution in [2.75, 3.05) is 13.7 Å². The van der Waals surface area contributed by atoms with Gasteiger partial charge in [-0.2, -0.15) is 18.3 Å². The molecule has 2 N–H and O–H groups in total. The van der Waals surface area contributed by atoms with Crippen LogP contribution in [-0.2, 0) is 22.1 Å². The number of aliphatic hydroxyl groups excluding tert-OH is 1. The topological polar surface area (TPSA) is 85.6 Å². The molecule has 1 aromatic heterocycles. The molecule has 1 fully saturated rings. The van der Waals surface area contributed by atoms with Crippen molar-refractivity contribution in [3.63, 3.8) is 0 Å². The zero-order valence-electron chi connectivity index (χ0n) is 22.8. The number of hydrogen-bond donors (Lipinski definition) is 2. The second kappa shape index (κ2) is 12.0. The second-order valence-corrected chi connectivity index (χ2v) is 10.2. The molecule has 7 nitrogen and oxygen atoms in total. The highest BCUT2D eigenvalue weighted by molar-refractivity contribution is 5.89. The van der Waals surface area contributed by atoms with Gasteiger partial charge in [0.15, 0.2) is 12.5 Å². The minimum absolute atomic E-state index is 0.281. The number of ether oxygens (including phenoxy) is 2. The van der Waals surface area contributed by atoms with Gasteiger partial charge < -0.3 is 14.6 Å². The lowest BCUT2D eigenvalue weighted by Gasteiger charge is -2.23. The number of hydrogen-bond acceptors (Lipinski definition) is 6. The molecule has 2 unspecified atom stereocenters. The van der Waals surface area contributed by atoms with Crippen LogP contribution in [0.1, 0.15) is 83.0 Å². The van der Waals surface area contributed by atoms with Crippen LogP contribution >= 0.6 is 0 Å². The highest BCUT2D eigenvalue weighted by Crippen LogP contribution is 2.34. The van der Waals surface area contributed by atoms with Crippen LogP contribution < -0.4 is 5.32 Å². The predicted molar refractivity (Wildman–Crippen MR) is 147 cm³/mol. The molecule has 0 amide bonds. The van der Waals surface area contributed by atoms with Crippen LogP contribution in [0.4, 0.5) is 13.2 Å². The van der Waals surface area contributed by atoms with Crippen molar-refractivity contribution in [3.8, 4) is 0 Å². The van der Waals surface area contributed by atoms with Crippen LogP contribution in [0.15, 0.2) is 66.7 Å². The zero-order valence-corrected chi connectivity index (χ0v) is 22.8. The molecule has 0 aliphatic carbocycles. The van der Waals surface area contributed by atoms with Gasteiger partial charge in [0, 0.05) is 18.0 Å². The average molecular weight is 568 g/mol. The molecule has 3 atom stereocenters. The molecule has 0 spiro atoms. The number of esters is 1. The molecule has 41 heavy (non-hydrogen) atoms. The number of carbonyl (C=O) groups excluding carboxylic acids is 1. The number of rotatable bonds is 8. The van der Waals surface area contributed by atoms with E-state index in [1.54, 1.807) is 28.9 Å². The van der Waals surface area contributed by atoms with E-state index in [0.717, 1.165) is 53.4 Å². The van der Waals surface area contributed by atoms with Crippen LogP contribution in [0.5, 0.6) is 0 Å². The van der Waals surface area contributed by atoms with E-state index in [4.69, 9.17) is 14.6 Å². The van der Waals surface area contributed by atoms with Crippen LogP contribution in [0, 0.1) is 0 Å². The van der Waals surface area contributed by atoms with Gasteiger partial charge >= 0.3 is 12.1 Å². The van der Waals surface area contributed by atoms with Crippen molar-refractivity contribution in [1.82, 2.24) is 15.1 Å². The van der Waals surface area contributed by atoms with E-state index in [1.165, 1.54) is 19.2 Å². The van der Waals surface area contributed by atoms with Crippen molar-refractivity contribution < 1.29 is 32.5 Å². The Morgan fingerprint density at radius 2 is 1.85 bits per heavy atom. The van der Waals surface area contributed by atoms with Gasteiger partial charge in [0.25, 0.3) is 0 Å². The predicted octanol–water partition coefficient (Wildman–Crippen LogP) is 6.47. The third kappa shape index (κ3) is 6.29. The van der Waals surface area contributed by atoms with Crippen LogP contribution in [0.2, 0.25) is 0 Å². The first-order chi connectivity index (χ1) is 19.7. The molecular formula is C31H32F3N3O4. The Bertz CT molecular complexity index is 1490. The minimum Gasteiger partial charge on any atom is -0.465 e. The van der Waals surface area contributed by atoms with Gasteiger partial charge in [0.2, 0.25) is 0 Å². The van der Waals surface area contributed by atoms with Crippen LogP contribution in [0.25, 0.3) is 10.9 Å². The summed E-state index contributed by atoms with van der Waals surface area (Å²) in [6.07, 6.45) is -2.74. The lowest BCUT2D eigenvalue weighted by atomic mass is 9.98. The van der Waals surface area contributed by atoms with Crippen molar-refractivity contribution >= 4 is 16.9 Å². The summed E-state index contributed by atoms with van der Waals surface area (Å²) in [6.45, 7) is 2.51. The number of carbonyl (C=O) groups is 1. The molecule has 3 aromatic carbocycles. The molecule has 4 aromatic rings. The Morgan fingerprint density at radius 3 is 2.49 bits per heavy atom. The van der Waals surface area contributed by atoms with Gasteiger partial charge in [0.1, 0.15) is 5.69 Å². The Balaban J connectivity index is 1.48. The van der Waals surface area contributed by atoms with Gasteiger partial charge in [-0.1, -0.05) is 36.4 Å². The largest absolute Gasteiger partial charge is 0.465 e. The molecule has 1 saturated heterocycles. The van der Waals surface area contributed by atoms with Crippen molar-refractivity contribution in [3.05, 3.63) is 100 Å². The van der Waals surface area contributed by atoms with E-state index >= 15 is 0 Å². The van der Waals surface area contributed by atoms with Crippen molar-refractivity contribution in [2.45, 2.75) is 57.3 Å². The molecule has 0 radical (unpaired) electrons. The van der Waals surface area contributed by atoms with Gasteiger partial charge in [-0.05, 0) is 79.6 Å². The van der Waals surface area contributed by atoms with Gasteiger partial charge in [-0.3, -0.25) is 5.32 Å². The molecule has 0 bridgehead atoms. The Kier molecular flexibility index (Phi) is 8.44. The Labute approximate surface area is 235 Å². The summed E-state index contributed by atoms with van der Waals surface area (Å²) in [7, 11) is 1.32. The highest BCUT2D eigenvalue weighted by atomic mass is 19.4. The second-order valence-electron chi connectivity index (χ2n) is 10.2. The summed E-state index contributed by atoms with van der Waals surface area (Å²) in [4.78, 5) is 11.8. The maximum Gasteiger partial charge on any atom is 0.416 e. The third-order valence-corrected chi connectivity index (χ3v) is 7.45. The smallest absolute Gasteiger partial charge is 0.416 e. The fraction of sp³-hybridized carbons (Fsp3) is 0.355. The first kappa shape index (κ1) is 28.8. The number of nitrogens with one attached hydrogen (secondary N) is 1. The number of fused-ring (bicyclic) bond motifs is 1. The van der Waals surface area contributed by atoms with Crippen molar-refractivity contribution in [2.24, 2.45) is 0 Å². The highest BCUT2D eigenvalue weighted by Gasteiger charge is 2.30. The van der Waals surface area contributed by atoms with E-state index in [-0.39, 0.29) is 12.3 Å². The first-order valence-electron chi connectivity index (χ1n) is 13.6. The summed E-state index contributed by atoms with van der Waals surface area (Å²) in [5.74, 6) is -0.431. The summed E-state index contributed by atoms with van der Waals surface area (Å²) in [5.41, 5.74) is 3.31. The summed E-state index contributed by atoms with van der Waals surface area (Å²) in [5, 5.41) is 20.2. The summed E-state index contributed by atoms with van der Waals surface area (Å²) in [6, 6.07) is 17.4. The number of aliphatic hydroxyl groups is 1. The van der Waals surface area contributed by atoms with Crippen molar-refractivity contribution in [1.29, 1.82) is 0 Å².